The second kappa shape index (κ2) is 3.08. The number of esters is 1. The van der Waals surface area contributed by atoms with Gasteiger partial charge in [-0.3, -0.25) is 4.79 Å². The minimum absolute atomic E-state index is 0.0336. The summed E-state index contributed by atoms with van der Waals surface area (Å²) in [5.74, 6) is 0.448. The first-order valence-electron chi connectivity index (χ1n) is 4.59. The van der Waals surface area contributed by atoms with Gasteiger partial charge in [-0.15, -0.1) is 0 Å². The van der Waals surface area contributed by atoms with E-state index in [0.717, 1.165) is 6.42 Å². The molecule has 0 N–H and O–H groups in total. The molecule has 0 aromatic rings. The molecular formula is C10H18O2. The van der Waals surface area contributed by atoms with Crippen LogP contribution in [0.1, 0.15) is 40.5 Å². The lowest BCUT2D eigenvalue weighted by atomic mass is 9.81. The van der Waals surface area contributed by atoms with E-state index in [1.165, 1.54) is 0 Å². The van der Waals surface area contributed by atoms with E-state index in [1.54, 1.807) is 0 Å². The maximum Gasteiger partial charge on any atom is 0.306 e. The minimum atomic E-state index is -0.0336. The molecule has 2 atom stereocenters. The van der Waals surface area contributed by atoms with Gasteiger partial charge in [0.25, 0.3) is 0 Å². The van der Waals surface area contributed by atoms with Crippen molar-refractivity contribution in [2.45, 2.75) is 46.6 Å². The molecule has 70 valence electrons. The first-order valence-corrected chi connectivity index (χ1v) is 4.59. The molecule has 12 heavy (non-hydrogen) atoms. The smallest absolute Gasteiger partial charge is 0.306 e. The number of cyclic esters (lactones) is 1. The van der Waals surface area contributed by atoms with Gasteiger partial charge in [-0.25, -0.2) is 0 Å². The molecule has 1 aliphatic heterocycles. The Bertz CT molecular complexity index is 179. The normalized spacial score (nSPS) is 31.5. The second-order valence-electron chi connectivity index (χ2n) is 4.89. The average molecular weight is 170 g/mol. The van der Waals surface area contributed by atoms with Crippen molar-refractivity contribution in [3.05, 3.63) is 0 Å². The van der Waals surface area contributed by atoms with Crippen LogP contribution in [0, 0.1) is 11.3 Å². The molecule has 1 aliphatic rings. The van der Waals surface area contributed by atoms with Crippen molar-refractivity contribution in [2.75, 3.05) is 0 Å². The van der Waals surface area contributed by atoms with Gasteiger partial charge in [0.1, 0.15) is 6.10 Å². The first kappa shape index (κ1) is 9.56. The van der Waals surface area contributed by atoms with Gasteiger partial charge < -0.3 is 4.74 Å². The number of carbonyl (C=O) groups excluding carboxylic acids is 1. The van der Waals surface area contributed by atoms with Crippen LogP contribution in [0.2, 0.25) is 0 Å². The van der Waals surface area contributed by atoms with Crippen LogP contribution in [-0.4, -0.2) is 12.1 Å². The van der Waals surface area contributed by atoms with E-state index in [4.69, 9.17) is 4.74 Å². The largest absolute Gasteiger partial charge is 0.462 e. The van der Waals surface area contributed by atoms with Crippen molar-refractivity contribution in [1.82, 2.24) is 0 Å². The monoisotopic (exact) mass is 170 g/mol. The van der Waals surface area contributed by atoms with Crippen LogP contribution < -0.4 is 0 Å². The van der Waals surface area contributed by atoms with Gasteiger partial charge >= 0.3 is 5.97 Å². The van der Waals surface area contributed by atoms with Crippen molar-refractivity contribution < 1.29 is 9.53 Å². The van der Waals surface area contributed by atoms with Gasteiger partial charge in [0.15, 0.2) is 0 Å². The SMILES string of the molecule is C[C@@H]1CC(=O)O[C@@H](C(C)(C)C)C1. The van der Waals surface area contributed by atoms with Crippen LogP contribution in [0.15, 0.2) is 0 Å². The Morgan fingerprint density at radius 2 is 2.00 bits per heavy atom. The zero-order chi connectivity index (χ0) is 9.35. The Hall–Kier alpha value is -0.530. The lowest BCUT2D eigenvalue weighted by Crippen LogP contribution is -2.37. The highest BCUT2D eigenvalue weighted by atomic mass is 16.5. The maximum atomic E-state index is 11.1. The molecule has 0 saturated carbocycles. The molecule has 0 radical (unpaired) electrons. The van der Waals surface area contributed by atoms with E-state index in [1.807, 2.05) is 0 Å². The van der Waals surface area contributed by atoms with Crippen molar-refractivity contribution in [1.29, 1.82) is 0 Å². The molecule has 1 rings (SSSR count). The van der Waals surface area contributed by atoms with Gasteiger partial charge in [-0.1, -0.05) is 27.7 Å². The maximum absolute atomic E-state index is 11.1. The summed E-state index contributed by atoms with van der Waals surface area (Å²) in [6.45, 7) is 8.45. The second-order valence-corrected chi connectivity index (χ2v) is 4.89. The predicted octanol–water partition coefficient (Wildman–Crippen LogP) is 2.37. The summed E-state index contributed by atoms with van der Waals surface area (Å²) in [6.07, 6.45) is 1.70. The number of hydrogen-bond donors (Lipinski definition) is 0. The van der Waals surface area contributed by atoms with Crippen LogP contribution in [-0.2, 0) is 9.53 Å². The van der Waals surface area contributed by atoms with E-state index in [9.17, 15) is 4.79 Å². The molecule has 0 spiro atoms. The summed E-state index contributed by atoms with van der Waals surface area (Å²) in [7, 11) is 0. The van der Waals surface area contributed by atoms with E-state index in [0.29, 0.717) is 12.3 Å². The lowest BCUT2D eigenvalue weighted by Gasteiger charge is -2.35. The number of carbonyl (C=O) groups is 1. The average Bonchev–Trinajstić information content (AvgIpc) is 1.82. The predicted molar refractivity (Wildman–Crippen MR) is 47.7 cm³/mol. The van der Waals surface area contributed by atoms with Crippen LogP contribution in [0.4, 0.5) is 0 Å². The van der Waals surface area contributed by atoms with Gasteiger partial charge in [-0.05, 0) is 17.8 Å². The highest BCUT2D eigenvalue weighted by molar-refractivity contribution is 5.70. The summed E-state index contributed by atoms with van der Waals surface area (Å²) in [5.41, 5.74) is 0.0876. The Kier molecular flexibility index (Phi) is 2.45. The number of ether oxygens (including phenoxy) is 1. The van der Waals surface area contributed by atoms with E-state index >= 15 is 0 Å². The number of hydrogen-bond acceptors (Lipinski definition) is 2. The van der Waals surface area contributed by atoms with E-state index in [-0.39, 0.29) is 17.5 Å². The highest BCUT2D eigenvalue weighted by Gasteiger charge is 2.34. The standard InChI is InChI=1S/C10H18O2/c1-7-5-8(10(2,3)4)12-9(11)6-7/h7-8H,5-6H2,1-4H3/t7-,8+/m0/s1. The van der Waals surface area contributed by atoms with Crippen LogP contribution in [0.5, 0.6) is 0 Å². The third-order valence-corrected chi connectivity index (χ3v) is 2.37. The fourth-order valence-electron chi connectivity index (χ4n) is 1.52. The molecule has 2 heteroatoms. The van der Waals surface area contributed by atoms with Gasteiger partial charge in [0.05, 0.1) is 0 Å². The van der Waals surface area contributed by atoms with E-state index in [2.05, 4.69) is 27.7 Å². The zero-order valence-corrected chi connectivity index (χ0v) is 8.39. The van der Waals surface area contributed by atoms with Gasteiger partial charge in [0, 0.05) is 6.42 Å². The molecular weight excluding hydrogens is 152 g/mol. The molecule has 0 amide bonds. The molecule has 1 saturated heterocycles. The summed E-state index contributed by atoms with van der Waals surface area (Å²) in [6, 6.07) is 0. The molecule has 1 heterocycles. The summed E-state index contributed by atoms with van der Waals surface area (Å²) >= 11 is 0. The van der Waals surface area contributed by atoms with E-state index < -0.39 is 0 Å². The lowest BCUT2D eigenvalue weighted by molar-refractivity contribution is -0.163. The van der Waals surface area contributed by atoms with Crippen molar-refractivity contribution >= 4 is 5.97 Å². The molecule has 0 unspecified atom stereocenters. The van der Waals surface area contributed by atoms with Gasteiger partial charge in [0.2, 0.25) is 0 Å². The van der Waals surface area contributed by atoms with Crippen molar-refractivity contribution in [3.8, 4) is 0 Å². The fourth-order valence-corrected chi connectivity index (χ4v) is 1.52. The molecule has 0 aromatic carbocycles. The highest BCUT2D eigenvalue weighted by Crippen LogP contribution is 2.32. The third-order valence-electron chi connectivity index (χ3n) is 2.37. The third kappa shape index (κ3) is 2.23. The van der Waals surface area contributed by atoms with Crippen LogP contribution >= 0.6 is 0 Å². The fraction of sp³-hybridized carbons (Fsp3) is 0.900. The summed E-state index contributed by atoms with van der Waals surface area (Å²) < 4.78 is 5.28. The first-order chi connectivity index (χ1) is 5.39. The Morgan fingerprint density at radius 1 is 1.42 bits per heavy atom. The summed E-state index contributed by atoms with van der Waals surface area (Å²) in [4.78, 5) is 11.1. The molecule has 2 nitrogen and oxygen atoms in total. The van der Waals surface area contributed by atoms with Gasteiger partial charge in [-0.2, -0.15) is 0 Å². The Balaban J connectivity index is 2.62. The molecule has 0 aromatic heterocycles. The van der Waals surface area contributed by atoms with Crippen molar-refractivity contribution in [3.63, 3.8) is 0 Å². The zero-order valence-electron chi connectivity index (χ0n) is 8.39. The molecule has 0 aliphatic carbocycles. The van der Waals surface area contributed by atoms with Crippen LogP contribution in [0.3, 0.4) is 0 Å². The number of rotatable bonds is 0. The molecule has 0 bridgehead atoms. The quantitative estimate of drug-likeness (QED) is 0.522. The van der Waals surface area contributed by atoms with Crippen LogP contribution in [0.25, 0.3) is 0 Å². The topological polar surface area (TPSA) is 26.3 Å². The minimum Gasteiger partial charge on any atom is -0.462 e. The molecule has 1 fully saturated rings. The summed E-state index contributed by atoms with van der Waals surface area (Å²) in [5, 5.41) is 0. The Labute approximate surface area is 74.3 Å². The Morgan fingerprint density at radius 3 is 2.42 bits per heavy atom. The van der Waals surface area contributed by atoms with Crippen molar-refractivity contribution in [2.24, 2.45) is 11.3 Å².